The highest BCUT2D eigenvalue weighted by atomic mass is 19.4. The molecule has 5 N–H and O–H groups in total. The molecule has 12 heteroatoms. The van der Waals surface area contributed by atoms with E-state index in [1.165, 1.54) is 48.9 Å². The molecule has 0 radical (unpaired) electrons. The van der Waals surface area contributed by atoms with Gasteiger partial charge in [-0.25, -0.2) is 0 Å². The van der Waals surface area contributed by atoms with Gasteiger partial charge in [-0.3, -0.25) is 24.4 Å². The fourth-order valence-electron chi connectivity index (χ4n) is 3.76. The number of nitrogens with zero attached hydrogens (tertiary/aromatic N) is 2. The van der Waals surface area contributed by atoms with E-state index < -0.39 is 29.1 Å². The molecule has 1 heterocycles. The highest BCUT2D eigenvalue weighted by molar-refractivity contribution is 6.14. The van der Waals surface area contributed by atoms with E-state index in [0.717, 1.165) is 12.3 Å². The number of carbonyl (C=O) groups excluding carboxylic acids is 3. The van der Waals surface area contributed by atoms with Crippen LogP contribution in [0.3, 0.4) is 0 Å². The second-order valence-corrected chi connectivity index (χ2v) is 8.22. The Hall–Kier alpha value is -4.48. The Kier molecular flexibility index (Phi) is 8.43. The number of benzene rings is 1. The van der Waals surface area contributed by atoms with Crippen molar-refractivity contribution >= 4 is 35.2 Å². The minimum absolute atomic E-state index is 0.0109. The molecule has 1 atom stereocenters. The molecule has 0 bridgehead atoms. The molecule has 1 unspecified atom stereocenters. The van der Waals surface area contributed by atoms with Crippen molar-refractivity contribution in [1.82, 2.24) is 15.6 Å². The largest absolute Gasteiger partial charge is 0.418 e. The van der Waals surface area contributed by atoms with Crippen LogP contribution in [-0.2, 0) is 27.1 Å². The molecule has 0 saturated heterocycles. The summed E-state index contributed by atoms with van der Waals surface area (Å²) < 4.78 is 39.6. The lowest BCUT2D eigenvalue weighted by molar-refractivity contribution is -0.137. The molecule has 3 rings (SSSR count). The molecular formula is C25H25F3N6O3. The summed E-state index contributed by atoms with van der Waals surface area (Å²) in [5.41, 5.74) is 3.80. The van der Waals surface area contributed by atoms with Gasteiger partial charge in [0.2, 0.25) is 5.91 Å². The van der Waals surface area contributed by atoms with Gasteiger partial charge in [-0.15, -0.1) is 0 Å². The van der Waals surface area contributed by atoms with E-state index in [-0.39, 0.29) is 42.9 Å². The third kappa shape index (κ3) is 6.81. The van der Waals surface area contributed by atoms with Crippen LogP contribution in [0, 0.1) is 0 Å². The number of aliphatic imine (C=N–C) groups is 1. The summed E-state index contributed by atoms with van der Waals surface area (Å²) in [6, 6.07) is 8.12. The van der Waals surface area contributed by atoms with Gasteiger partial charge in [0, 0.05) is 31.5 Å². The molecule has 1 aromatic heterocycles. The third-order valence-corrected chi connectivity index (χ3v) is 5.64. The van der Waals surface area contributed by atoms with Gasteiger partial charge >= 0.3 is 6.18 Å². The third-order valence-electron chi connectivity index (χ3n) is 5.64. The van der Waals surface area contributed by atoms with Crippen molar-refractivity contribution in [3.05, 3.63) is 78.4 Å². The number of hydrogen-bond acceptors (Lipinski definition) is 7. The van der Waals surface area contributed by atoms with E-state index >= 15 is 0 Å². The number of Topliss-reactive ketones (excluding diaryl/α,β-unsaturated/α-hetero) is 1. The fourth-order valence-corrected chi connectivity index (χ4v) is 3.76. The monoisotopic (exact) mass is 514 g/mol. The van der Waals surface area contributed by atoms with Crippen molar-refractivity contribution in [1.29, 1.82) is 0 Å². The van der Waals surface area contributed by atoms with Gasteiger partial charge in [-0.2, -0.15) is 13.2 Å². The lowest BCUT2D eigenvalue weighted by Gasteiger charge is -2.28. The maximum absolute atomic E-state index is 13.2. The lowest BCUT2D eigenvalue weighted by Crippen LogP contribution is -2.57. The SMILES string of the molecule is C=CN=C/C(=C\N)C(=O)NC1(C(=O)NCc2ccc(Nc3ccccc3C(F)(F)F)cn2)CCC(=O)C1. The number of rotatable bonds is 9. The summed E-state index contributed by atoms with van der Waals surface area (Å²) in [5.74, 6) is -1.43. The lowest BCUT2D eigenvalue weighted by atomic mass is 9.95. The first-order valence-corrected chi connectivity index (χ1v) is 11.1. The van der Waals surface area contributed by atoms with Crippen LogP contribution in [0.4, 0.5) is 24.5 Å². The molecule has 37 heavy (non-hydrogen) atoms. The number of nitrogens with one attached hydrogen (secondary N) is 3. The van der Waals surface area contributed by atoms with Crippen molar-refractivity contribution < 1.29 is 27.6 Å². The zero-order valence-electron chi connectivity index (χ0n) is 19.6. The van der Waals surface area contributed by atoms with Crippen LogP contribution in [0.1, 0.15) is 30.5 Å². The Morgan fingerprint density at radius 1 is 1.22 bits per heavy atom. The molecule has 1 saturated carbocycles. The molecule has 0 aliphatic heterocycles. The molecule has 2 aromatic rings. The van der Waals surface area contributed by atoms with E-state index in [4.69, 9.17) is 5.73 Å². The van der Waals surface area contributed by atoms with Gasteiger partial charge in [0.15, 0.2) is 0 Å². The number of pyridine rings is 1. The second-order valence-electron chi connectivity index (χ2n) is 8.22. The van der Waals surface area contributed by atoms with Gasteiger partial charge in [0.25, 0.3) is 5.91 Å². The van der Waals surface area contributed by atoms with Crippen LogP contribution in [0.2, 0.25) is 0 Å². The number of halogens is 3. The first kappa shape index (κ1) is 27.1. The van der Waals surface area contributed by atoms with Gasteiger partial charge in [0.05, 0.1) is 40.9 Å². The zero-order valence-corrected chi connectivity index (χ0v) is 19.6. The predicted molar refractivity (Wildman–Crippen MR) is 132 cm³/mol. The van der Waals surface area contributed by atoms with Crippen LogP contribution in [0.15, 0.2) is 72.1 Å². The van der Waals surface area contributed by atoms with E-state index in [9.17, 15) is 27.6 Å². The van der Waals surface area contributed by atoms with Crippen LogP contribution in [0.5, 0.6) is 0 Å². The molecule has 2 amide bonds. The summed E-state index contributed by atoms with van der Waals surface area (Å²) >= 11 is 0. The number of aromatic nitrogens is 1. The van der Waals surface area contributed by atoms with Gasteiger partial charge in [-0.05, 0) is 30.7 Å². The van der Waals surface area contributed by atoms with Gasteiger partial charge in [0.1, 0.15) is 11.3 Å². The molecular weight excluding hydrogens is 489 g/mol. The Bertz CT molecular complexity index is 1240. The average molecular weight is 515 g/mol. The van der Waals surface area contributed by atoms with Gasteiger partial charge in [-0.1, -0.05) is 18.7 Å². The quantitative estimate of drug-likeness (QED) is 0.300. The van der Waals surface area contributed by atoms with E-state index in [2.05, 4.69) is 32.5 Å². The summed E-state index contributed by atoms with van der Waals surface area (Å²) in [6.45, 7) is 3.37. The van der Waals surface area contributed by atoms with Crippen molar-refractivity contribution in [2.75, 3.05) is 5.32 Å². The first-order chi connectivity index (χ1) is 17.6. The van der Waals surface area contributed by atoms with Crippen molar-refractivity contribution in [2.45, 2.75) is 37.5 Å². The molecule has 1 aromatic carbocycles. The van der Waals surface area contributed by atoms with Crippen molar-refractivity contribution in [3.63, 3.8) is 0 Å². The topological polar surface area (TPSA) is 139 Å². The van der Waals surface area contributed by atoms with Crippen LogP contribution in [0.25, 0.3) is 0 Å². The number of ketones is 1. The maximum atomic E-state index is 13.2. The Morgan fingerprint density at radius 3 is 2.57 bits per heavy atom. The second kappa shape index (κ2) is 11.5. The minimum Gasteiger partial charge on any atom is -0.404 e. The number of nitrogens with two attached hydrogens (primary N) is 1. The highest BCUT2D eigenvalue weighted by Crippen LogP contribution is 2.35. The standard InChI is InChI=1S/C25H25F3N6O3/c1-2-30-13-16(12-29)22(36)34-24(10-9-19(35)11-24)23(37)32-14-17-7-8-18(15-31-17)33-21-6-4-3-5-20(21)25(26,27)28/h2-8,12-13,15,33H,1,9-11,14,29H2,(H,32,37)(H,34,36)/b16-12+,30-13?. The fraction of sp³-hybridized carbons (Fsp3) is 0.240. The molecule has 0 spiro atoms. The van der Waals surface area contributed by atoms with Crippen molar-refractivity contribution in [2.24, 2.45) is 10.7 Å². The number of anilines is 2. The zero-order chi connectivity index (χ0) is 27.1. The van der Waals surface area contributed by atoms with E-state index in [1.54, 1.807) is 0 Å². The maximum Gasteiger partial charge on any atom is 0.418 e. The summed E-state index contributed by atoms with van der Waals surface area (Å²) in [5, 5.41) is 7.96. The van der Waals surface area contributed by atoms with Crippen LogP contribution >= 0.6 is 0 Å². The highest BCUT2D eigenvalue weighted by Gasteiger charge is 2.46. The Balaban J connectivity index is 1.67. The number of para-hydroxylation sites is 1. The van der Waals surface area contributed by atoms with Gasteiger partial charge < -0.3 is 21.7 Å². The average Bonchev–Trinajstić information content (AvgIpc) is 3.24. The Morgan fingerprint density at radius 2 is 1.97 bits per heavy atom. The first-order valence-electron chi connectivity index (χ1n) is 11.1. The number of amides is 2. The normalized spacial score (nSPS) is 18.0. The summed E-state index contributed by atoms with van der Waals surface area (Å²) in [6.07, 6.45) is 0.269. The molecule has 1 fully saturated rings. The predicted octanol–water partition coefficient (Wildman–Crippen LogP) is 3.13. The minimum atomic E-state index is -4.52. The summed E-state index contributed by atoms with van der Waals surface area (Å²) in [7, 11) is 0. The number of carbonyl (C=O) groups is 3. The van der Waals surface area contributed by atoms with Crippen LogP contribution in [-0.4, -0.2) is 34.3 Å². The van der Waals surface area contributed by atoms with E-state index in [0.29, 0.717) is 11.4 Å². The smallest absolute Gasteiger partial charge is 0.404 e. The number of alkyl halides is 3. The number of hydrogen-bond donors (Lipinski definition) is 4. The van der Waals surface area contributed by atoms with E-state index in [1.807, 2.05) is 0 Å². The van der Waals surface area contributed by atoms with Crippen LogP contribution < -0.4 is 21.7 Å². The molecule has 194 valence electrons. The molecule has 1 aliphatic rings. The summed E-state index contributed by atoms with van der Waals surface area (Å²) in [4.78, 5) is 45.6. The van der Waals surface area contributed by atoms with Crippen molar-refractivity contribution in [3.8, 4) is 0 Å². The molecule has 9 nitrogen and oxygen atoms in total. The molecule has 1 aliphatic carbocycles. The Labute approximate surface area is 210 Å².